The van der Waals surface area contributed by atoms with Gasteiger partial charge in [-0.15, -0.1) is 0 Å². The van der Waals surface area contributed by atoms with Crippen LogP contribution >= 0.6 is 0 Å². The third-order valence-corrected chi connectivity index (χ3v) is 9.50. The highest BCUT2D eigenvalue weighted by molar-refractivity contribution is 5.54. The molecule has 0 aliphatic rings. The van der Waals surface area contributed by atoms with Crippen LogP contribution in [0.25, 0.3) is 0 Å². The lowest BCUT2D eigenvalue weighted by molar-refractivity contribution is -0.440. The van der Waals surface area contributed by atoms with E-state index < -0.39 is 46.5 Å². The second-order valence-corrected chi connectivity index (χ2v) is 12.8. The SMILES string of the molecule is CCC(C)(C)c1cccc(Oc2ccc(C(c3ccc(OC(CC)(COOF)c4cccc(C)c4C#N)cc3)(C(F)(F)F)C(F)(F)F)cc2)c1C#N. The summed E-state index contributed by atoms with van der Waals surface area (Å²) in [5.41, 5.74) is -7.02. The molecule has 0 N–H and O–H groups in total. The first-order valence-corrected chi connectivity index (χ1v) is 16.1. The van der Waals surface area contributed by atoms with Crippen molar-refractivity contribution in [3.05, 3.63) is 124 Å². The molecule has 4 rings (SSSR count). The Labute approximate surface area is 296 Å². The Balaban J connectivity index is 1.79. The van der Waals surface area contributed by atoms with Gasteiger partial charge in [-0.2, -0.15) is 41.8 Å². The Morgan fingerprint density at radius 2 is 1.17 bits per heavy atom. The Bertz CT molecular complexity index is 1930. The fraction of sp³-hybridized carbons (Fsp3) is 0.333. The molecular formula is C39H35F7N2O4. The molecule has 4 aromatic rings. The van der Waals surface area contributed by atoms with Crippen molar-refractivity contribution in [2.24, 2.45) is 0 Å². The maximum atomic E-state index is 15.0. The lowest BCUT2D eigenvalue weighted by atomic mass is 9.73. The average molecular weight is 729 g/mol. The van der Waals surface area contributed by atoms with Gasteiger partial charge in [-0.25, -0.2) is 0 Å². The van der Waals surface area contributed by atoms with Crippen LogP contribution in [0, 0.1) is 29.6 Å². The lowest BCUT2D eigenvalue weighted by Gasteiger charge is -2.38. The summed E-state index contributed by atoms with van der Waals surface area (Å²) in [4.78, 5) is 4.54. The Morgan fingerprint density at radius 3 is 1.65 bits per heavy atom. The topological polar surface area (TPSA) is 84.5 Å². The van der Waals surface area contributed by atoms with E-state index in [9.17, 15) is 41.4 Å². The summed E-state index contributed by atoms with van der Waals surface area (Å²) in [7, 11) is 0. The van der Waals surface area contributed by atoms with Crippen LogP contribution in [-0.2, 0) is 26.4 Å². The van der Waals surface area contributed by atoms with Crippen molar-refractivity contribution in [1.82, 2.24) is 0 Å². The van der Waals surface area contributed by atoms with Crippen LogP contribution in [0.4, 0.5) is 30.9 Å². The summed E-state index contributed by atoms with van der Waals surface area (Å²) in [5, 5.41) is 23.0. The molecule has 274 valence electrons. The van der Waals surface area contributed by atoms with E-state index >= 15 is 0 Å². The smallest absolute Gasteiger partial charge is 0.411 e. The van der Waals surface area contributed by atoms with Gasteiger partial charge in [0.25, 0.3) is 0 Å². The molecule has 0 heterocycles. The molecule has 13 heteroatoms. The second-order valence-electron chi connectivity index (χ2n) is 12.8. The molecule has 4 aromatic carbocycles. The molecule has 1 unspecified atom stereocenters. The number of aryl methyl sites for hydroxylation is 1. The first-order chi connectivity index (χ1) is 24.5. The Morgan fingerprint density at radius 1 is 0.654 bits per heavy atom. The third-order valence-electron chi connectivity index (χ3n) is 9.50. The van der Waals surface area contributed by atoms with Crippen molar-refractivity contribution < 1.29 is 50.3 Å². The largest absolute Gasteiger partial charge is 0.480 e. The van der Waals surface area contributed by atoms with Crippen LogP contribution in [-0.4, -0.2) is 19.0 Å². The summed E-state index contributed by atoms with van der Waals surface area (Å²) in [6, 6.07) is 20.3. The number of nitrogens with zero attached hydrogens (tertiary/aromatic N) is 2. The minimum absolute atomic E-state index is 0.0240. The van der Waals surface area contributed by atoms with Gasteiger partial charge in [-0.1, -0.05) is 82.3 Å². The van der Waals surface area contributed by atoms with E-state index in [0.29, 0.717) is 41.8 Å². The molecule has 0 radical (unpaired) electrons. The minimum atomic E-state index is -5.88. The van der Waals surface area contributed by atoms with E-state index in [0.717, 1.165) is 24.3 Å². The normalized spacial score (nSPS) is 13.5. The number of hydrogen-bond donors (Lipinski definition) is 0. The highest BCUT2D eigenvalue weighted by atomic mass is 19.4. The van der Waals surface area contributed by atoms with Gasteiger partial charge in [0.1, 0.15) is 29.9 Å². The summed E-state index contributed by atoms with van der Waals surface area (Å²) >= 11 is 0. The van der Waals surface area contributed by atoms with Crippen molar-refractivity contribution in [3.8, 4) is 29.4 Å². The maximum absolute atomic E-state index is 15.0. The minimum Gasteiger partial charge on any atom is -0.480 e. The molecule has 1 atom stereocenters. The lowest BCUT2D eigenvalue weighted by Crippen LogP contribution is -2.54. The van der Waals surface area contributed by atoms with Gasteiger partial charge in [-0.3, -0.25) is 0 Å². The van der Waals surface area contributed by atoms with E-state index in [1.54, 1.807) is 38.1 Å². The van der Waals surface area contributed by atoms with E-state index in [1.807, 2.05) is 26.8 Å². The van der Waals surface area contributed by atoms with E-state index in [-0.39, 0.29) is 40.4 Å². The zero-order chi connectivity index (χ0) is 38.5. The van der Waals surface area contributed by atoms with Crippen LogP contribution < -0.4 is 9.47 Å². The first-order valence-electron chi connectivity index (χ1n) is 16.1. The summed E-state index contributed by atoms with van der Waals surface area (Å²) in [6.07, 6.45) is -11.1. The van der Waals surface area contributed by atoms with Gasteiger partial charge in [0.2, 0.25) is 5.41 Å². The summed E-state index contributed by atoms with van der Waals surface area (Å²) in [6.45, 7) is 8.43. The van der Waals surface area contributed by atoms with Crippen LogP contribution in [0.15, 0.2) is 84.9 Å². The molecule has 0 aliphatic heterocycles. The van der Waals surface area contributed by atoms with Gasteiger partial charge >= 0.3 is 12.4 Å². The van der Waals surface area contributed by atoms with E-state index in [4.69, 9.17) is 9.47 Å². The molecule has 6 nitrogen and oxygen atoms in total. The quantitative estimate of drug-likeness (QED) is 0.0774. The van der Waals surface area contributed by atoms with E-state index in [2.05, 4.69) is 16.0 Å². The molecule has 0 fully saturated rings. The molecule has 0 saturated heterocycles. The summed E-state index contributed by atoms with van der Waals surface area (Å²) in [5.74, 6) is -0.179. The molecule has 0 aliphatic carbocycles. The van der Waals surface area contributed by atoms with E-state index in [1.165, 1.54) is 12.1 Å². The van der Waals surface area contributed by atoms with Crippen molar-refractivity contribution in [3.63, 3.8) is 0 Å². The highest BCUT2D eigenvalue weighted by Crippen LogP contribution is 2.56. The number of benzene rings is 4. The van der Waals surface area contributed by atoms with Crippen molar-refractivity contribution in [2.45, 2.75) is 76.2 Å². The van der Waals surface area contributed by atoms with Crippen molar-refractivity contribution in [1.29, 1.82) is 10.5 Å². The number of halogens is 7. The van der Waals surface area contributed by atoms with Crippen LogP contribution in [0.3, 0.4) is 0 Å². The van der Waals surface area contributed by atoms with Gasteiger partial charge < -0.3 is 9.47 Å². The van der Waals surface area contributed by atoms with Gasteiger partial charge in [0, 0.05) is 5.56 Å². The zero-order valence-corrected chi connectivity index (χ0v) is 28.9. The highest BCUT2D eigenvalue weighted by Gasteiger charge is 2.72. The standard InChI is InChI=1S/C39H35F7N2O4/c1-6-35(4,5)32-11-9-13-34(31(32)23-48)50-28-18-14-26(15-19-28)37(38(40,41)42,39(43,44)45)27-16-20-29(21-17-27)51-36(7-2,24-49-52-46)33-12-8-10-25(3)30(33)22-47/h8-21H,6-7,24H2,1-5H3. The van der Waals surface area contributed by atoms with Crippen LogP contribution in [0.1, 0.15) is 79.5 Å². The van der Waals surface area contributed by atoms with Gasteiger partial charge in [0.15, 0.2) is 5.60 Å². The number of hydrogen-bond acceptors (Lipinski definition) is 6. The second kappa shape index (κ2) is 15.2. The van der Waals surface area contributed by atoms with Crippen LogP contribution in [0.2, 0.25) is 0 Å². The number of rotatable bonds is 13. The fourth-order valence-corrected chi connectivity index (χ4v) is 6.21. The zero-order valence-electron chi connectivity index (χ0n) is 28.9. The molecular weight excluding hydrogens is 693 g/mol. The van der Waals surface area contributed by atoms with Crippen LogP contribution in [0.5, 0.6) is 17.2 Å². The maximum Gasteiger partial charge on any atom is 0.411 e. The average Bonchev–Trinajstić information content (AvgIpc) is 3.10. The number of ether oxygens (including phenoxy) is 2. The Hall–Kier alpha value is -5.11. The first kappa shape index (κ1) is 39.7. The molecule has 0 spiro atoms. The Kier molecular flexibility index (Phi) is 11.6. The van der Waals surface area contributed by atoms with Gasteiger partial charge in [0.05, 0.1) is 17.2 Å². The number of alkyl halides is 6. The third kappa shape index (κ3) is 7.29. The molecule has 0 aromatic heterocycles. The predicted molar refractivity (Wildman–Crippen MR) is 177 cm³/mol. The van der Waals surface area contributed by atoms with Gasteiger partial charge in [-0.05, 0) is 87.4 Å². The molecule has 0 bridgehead atoms. The monoisotopic (exact) mass is 728 g/mol. The summed E-state index contributed by atoms with van der Waals surface area (Å²) < 4.78 is 114. The number of nitriles is 2. The molecule has 0 saturated carbocycles. The van der Waals surface area contributed by atoms with Crippen molar-refractivity contribution in [2.75, 3.05) is 6.61 Å². The predicted octanol–water partition coefficient (Wildman–Crippen LogP) is 11.1. The molecule has 52 heavy (non-hydrogen) atoms. The molecule has 0 amide bonds. The fourth-order valence-electron chi connectivity index (χ4n) is 6.21. The van der Waals surface area contributed by atoms with Crippen molar-refractivity contribution >= 4 is 0 Å².